The quantitative estimate of drug-likeness (QED) is 0.354. The van der Waals surface area contributed by atoms with Gasteiger partial charge in [0, 0.05) is 27.4 Å². The molecule has 1 amide bonds. The minimum absolute atomic E-state index is 0.143. The Bertz CT molecular complexity index is 994. The van der Waals surface area contributed by atoms with Gasteiger partial charge in [-0.3, -0.25) is 4.79 Å². The van der Waals surface area contributed by atoms with Gasteiger partial charge in [0.2, 0.25) is 11.0 Å². The largest absolute Gasteiger partial charge is 0.497 e. The summed E-state index contributed by atoms with van der Waals surface area (Å²) in [5, 5.41) is 12.5. The van der Waals surface area contributed by atoms with Crippen molar-refractivity contribution in [1.82, 2.24) is 10.2 Å². The summed E-state index contributed by atoms with van der Waals surface area (Å²) in [6.45, 7) is 0. The summed E-state index contributed by atoms with van der Waals surface area (Å²) in [4.78, 5) is 12.4. The number of halogens is 2. The van der Waals surface area contributed by atoms with Crippen molar-refractivity contribution in [2.45, 2.75) is 16.5 Å². The van der Waals surface area contributed by atoms with Gasteiger partial charge < -0.3 is 14.8 Å². The number of carbonyl (C=O) groups is 1. The Labute approximate surface area is 186 Å². The Morgan fingerprint density at radius 3 is 2.59 bits per heavy atom. The second-order valence-corrected chi connectivity index (χ2v) is 8.78. The molecule has 0 aliphatic rings. The fourth-order valence-electron chi connectivity index (χ4n) is 2.46. The van der Waals surface area contributed by atoms with Gasteiger partial charge in [0.05, 0.1) is 20.6 Å². The van der Waals surface area contributed by atoms with E-state index in [2.05, 4.69) is 15.5 Å². The van der Waals surface area contributed by atoms with Gasteiger partial charge in [-0.2, -0.15) is 0 Å². The highest BCUT2D eigenvalue weighted by atomic mass is 35.5. The summed E-state index contributed by atoms with van der Waals surface area (Å²) in [6.07, 6.45) is 0.143. The van der Waals surface area contributed by atoms with Gasteiger partial charge in [0.25, 0.3) is 0 Å². The molecule has 0 aliphatic heterocycles. The first-order valence-electron chi connectivity index (χ1n) is 8.40. The first kappa shape index (κ1) is 21.7. The summed E-state index contributed by atoms with van der Waals surface area (Å²) in [7, 11) is 3.13. The predicted molar refractivity (Wildman–Crippen MR) is 118 cm³/mol. The van der Waals surface area contributed by atoms with E-state index in [1.165, 1.54) is 23.1 Å². The standard InChI is InChI=1S/C19H17Cl2N3O3S2/c1-26-12-7-6-11(16(9-12)27-2)8-17(25)22-18-23-24-19(29-18)28-10-13-14(20)4-3-5-15(13)21/h3-7,9H,8,10H2,1-2H3,(H,22,23,25). The van der Waals surface area contributed by atoms with Gasteiger partial charge in [0.1, 0.15) is 11.5 Å². The number of benzene rings is 2. The molecule has 10 heteroatoms. The number of amides is 1. The number of hydrogen-bond donors (Lipinski definition) is 1. The first-order valence-corrected chi connectivity index (χ1v) is 11.0. The average Bonchev–Trinajstić information content (AvgIpc) is 3.15. The van der Waals surface area contributed by atoms with E-state index in [1.807, 2.05) is 0 Å². The third-order valence-corrected chi connectivity index (χ3v) is 6.61. The summed E-state index contributed by atoms with van der Waals surface area (Å²) in [6, 6.07) is 10.7. The van der Waals surface area contributed by atoms with Crippen LogP contribution in [0.1, 0.15) is 11.1 Å². The van der Waals surface area contributed by atoms with Crippen LogP contribution in [-0.2, 0) is 17.0 Å². The van der Waals surface area contributed by atoms with Crippen LogP contribution in [0.25, 0.3) is 0 Å². The molecule has 3 aromatic rings. The van der Waals surface area contributed by atoms with Gasteiger partial charge in [-0.15, -0.1) is 10.2 Å². The lowest BCUT2D eigenvalue weighted by Gasteiger charge is -2.09. The molecule has 152 valence electrons. The number of hydrogen-bond acceptors (Lipinski definition) is 7. The molecule has 0 unspecified atom stereocenters. The molecule has 0 atom stereocenters. The van der Waals surface area contributed by atoms with E-state index in [4.69, 9.17) is 32.7 Å². The molecule has 2 aromatic carbocycles. The maximum atomic E-state index is 12.4. The maximum Gasteiger partial charge on any atom is 0.230 e. The van der Waals surface area contributed by atoms with Crippen LogP contribution in [0, 0.1) is 0 Å². The highest BCUT2D eigenvalue weighted by Crippen LogP contribution is 2.33. The molecule has 3 rings (SSSR count). The SMILES string of the molecule is COc1ccc(CC(=O)Nc2nnc(SCc3c(Cl)cccc3Cl)s2)c(OC)c1. The predicted octanol–water partition coefficient (Wildman–Crippen LogP) is 5.34. The molecule has 0 aliphatic carbocycles. The summed E-state index contributed by atoms with van der Waals surface area (Å²) < 4.78 is 11.2. The molecule has 29 heavy (non-hydrogen) atoms. The number of aromatic nitrogens is 2. The fourth-order valence-corrected chi connectivity index (χ4v) is 4.97. The van der Waals surface area contributed by atoms with E-state index in [9.17, 15) is 4.79 Å². The lowest BCUT2D eigenvalue weighted by Crippen LogP contribution is -2.14. The zero-order valence-electron chi connectivity index (χ0n) is 15.6. The van der Waals surface area contributed by atoms with Crippen LogP contribution in [0.15, 0.2) is 40.7 Å². The number of carbonyl (C=O) groups excluding carboxylic acids is 1. The van der Waals surface area contributed by atoms with E-state index >= 15 is 0 Å². The van der Waals surface area contributed by atoms with Crippen LogP contribution in [0.3, 0.4) is 0 Å². The van der Waals surface area contributed by atoms with Gasteiger partial charge in [-0.05, 0) is 23.8 Å². The zero-order valence-corrected chi connectivity index (χ0v) is 18.7. The average molecular weight is 470 g/mol. The van der Waals surface area contributed by atoms with Gasteiger partial charge in [0.15, 0.2) is 4.34 Å². The number of anilines is 1. The van der Waals surface area contributed by atoms with Gasteiger partial charge in [-0.25, -0.2) is 0 Å². The van der Waals surface area contributed by atoms with Crippen LogP contribution in [0.2, 0.25) is 10.0 Å². The van der Waals surface area contributed by atoms with Crippen molar-refractivity contribution in [2.75, 3.05) is 19.5 Å². The van der Waals surface area contributed by atoms with E-state index in [0.717, 1.165) is 11.1 Å². The smallest absolute Gasteiger partial charge is 0.230 e. The molecule has 6 nitrogen and oxygen atoms in total. The summed E-state index contributed by atoms with van der Waals surface area (Å²) in [5.41, 5.74) is 1.59. The second-order valence-electron chi connectivity index (χ2n) is 5.76. The Hall–Kier alpha value is -2.00. The number of ether oxygens (including phenoxy) is 2. The van der Waals surface area contributed by atoms with E-state index in [1.54, 1.807) is 50.6 Å². The van der Waals surface area contributed by atoms with E-state index < -0.39 is 0 Å². The Morgan fingerprint density at radius 2 is 1.90 bits per heavy atom. The monoisotopic (exact) mass is 469 g/mol. The van der Waals surface area contributed by atoms with Crippen molar-refractivity contribution in [3.05, 3.63) is 57.6 Å². The van der Waals surface area contributed by atoms with Crippen LogP contribution in [0.4, 0.5) is 5.13 Å². The van der Waals surface area contributed by atoms with Gasteiger partial charge >= 0.3 is 0 Å². The van der Waals surface area contributed by atoms with Crippen molar-refractivity contribution in [2.24, 2.45) is 0 Å². The molecule has 1 N–H and O–H groups in total. The number of rotatable bonds is 8. The van der Waals surface area contributed by atoms with Crippen molar-refractivity contribution in [3.8, 4) is 11.5 Å². The van der Waals surface area contributed by atoms with Crippen LogP contribution in [-0.4, -0.2) is 30.3 Å². The molecule has 0 radical (unpaired) electrons. The maximum absolute atomic E-state index is 12.4. The van der Waals surface area contributed by atoms with Crippen LogP contribution in [0.5, 0.6) is 11.5 Å². The lowest BCUT2D eigenvalue weighted by atomic mass is 10.1. The minimum Gasteiger partial charge on any atom is -0.497 e. The normalized spacial score (nSPS) is 10.6. The Kier molecular flexibility index (Phi) is 7.60. The number of thioether (sulfide) groups is 1. The fraction of sp³-hybridized carbons (Fsp3) is 0.211. The highest BCUT2D eigenvalue weighted by molar-refractivity contribution is 8.00. The van der Waals surface area contributed by atoms with Crippen LogP contribution < -0.4 is 14.8 Å². The van der Waals surface area contributed by atoms with E-state index in [0.29, 0.717) is 36.8 Å². The molecule has 0 bridgehead atoms. The molecule has 0 spiro atoms. The number of nitrogens with one attached hydrogen (secondary N) is 1. The topological polar surface area (TPSA) is 73.3 Å². The Balaban J connectivity index is 1.59. The zero-order chi connectivity index (χ0) is 20.8. The molecule has 1 aromatic heterocycles. The van der Waals surface area contributed by atoms with Crippen molar-refractivity contribution < 1.29 is 14.3 Å². The second kappa shape index (κ2) is 10.2. The molecule has 1 heterocycles. The first-order chi connectivity index (χ1) is 14.0. The molecule has 0 saturated heterocycles. The highest BCUT2D eigenvalue weighted by Gasteiger charge is 2.14. The number of nitrogens with zero attached hydrogens (tertiary/aromatic N) is 2. The van der Waals surface area contributed by atoms with Crippen molar-refractivity contribution >= 4 is 57.3 Å². The van der Waals surface area contributed by atoms with Crippen LogP contribution >= 0.6 is 46.3 Å². The molecular formula is C19H17Cl2N3O3S2. The third-order valence-electron chi connectivity index (χ3n) is 3.90. The molecule has 0 saturated carbocycles. The Morgan fingerprint density at radius 1 is 1.14 bits per heavy atom. The number of methoxy groups -OCH3 is 2. The van der Waals surface area contributed by atoms with Crippen molar-refractivity contribution in [3.63, 3.8) is 0 Å². The lowest BCUT2D eigenvalue weighted by molar-refractivity contribution is -0.115. The minimum atomic E-state index is -0.213. The van der Waals surface area contributed by atoms with E-state index in [-0.39, 0.29) is 12.3 Å². The summed E-state index contributed by atoms with van der Waals surface area (Å²) in [5.74, 6) is 1.60. The van der Waals surface area contributed by atoms with Gasteiger partial charge in [-0.1, -0.05) is 58.4 Å². The summed E-state index contributed by atoms with van der Waals surface area (Å²) >= 11 is 15.1. The van der Waals surface area contributed by atoms with Crippen molar-refractivity contribution in [1.29, 1.82) is 0 Å². The third kappa shape index (κ3) is 5.76. The molecule has 0 fully saturated rings. The molecular weight excluding hydrogens is 453 g/mol.